The van der Waals surface area contributed by atoms with Gasteiger partial charge in [-0.2, -0.15) is 0 Å². The summed E-state index contributed by atoms with van der Waals surface area (Å²) in [7, 11) is 0. The first-order chi connectivity index (χ1) is 8.74. The maximum Gasteiger partial charge on any atom is 0.253 e. The molecule has 1 aromatic heterocycles. The molecule has 0 aromatic carbocycles. The highest BCUT2D eigenvalue weighted by atomic mass is 16.1. The number of hydrogen-bond acceptors (Lipinski definition) is 4. The van der Waals surface area contributed by atoms with E-state index in [1.165, 1.54) is 25.6 Å². The summed E-state index contributed by atoms with van der Waals surface area (Å²) in [4.78, 5) is 18.5. The van der Waals surface area contributed by atoms with Crippen LogP contribution < -0.4 is 11.1 Å². The van der Waals surface area contributed by atoms with Crippen LogP contribution in [0.2, 0.25) is 0 Å². The predicted octanol–water partition coefficient (Wildman–Crippen LogP) is 0.630. The first-order valence-electron chi connectivity index (χ1n) is 6.50. The number of aromatic nitrogens is 1. The molecule has 3 N–H and O–H groups in total. The minimum Gasteiger partial charge on any atom is -0.384 e. The highest BCUT2D eigenvalue weighted by Gasteiger charge is 2.37. The second-order valence-corrected chi connectivity index (χ2v) is 5.09. The summed E-state index contributed by atoms with van der Waals surface area (Å²) in [6.07, 6.45) is 5.04. The van der Waals surface area contributed by atoms with Gasteiger partial charge in [0.25, 0.3) is 5.91 Å². The van der Waals surface area contributed by atoms with Crippen molar-refractivity contribution in [3.8, 4) is 0 Å². The van der Waals surface area contributed by atoms with Gasteiger partial charge in [0, 0.05) is 24.8 Å². The number of carbonyl (C=O) groups excluding carboxylic acids is 1. The Morgan fingerprint density at radius 3 is 3.06 bits per heavy atom. The molecule has 2 atom stereocenters. The SMILES string of the molecule is Nc1ccc(C(=O)NC2CCN3CCCC23)cn1. The van der Waals surface area contributed by atoms with Gasteiger partial charge in [-0.15, -0.1) is 0 Å². The van der Waals surface area contributed by atoms with Gasteiger partial charge in [0.15, 0.2) is 0 Å². The standard InChI is InChI=1S/C13H18N4O/c14-12-4-3-9(8-15-12)13(18)16-10-5-7-17-6-1-2-11(10)17/h3-4,8,10-11H,1-2,5-7H2,(H2,14,15)(H,16,18). The summed E-state index contributed by atoms with van der Waals surface area (Å²) in [6.45, 7) is 2.29. The van der Waals surface area contributed by atoms with E-state index in [1.54, 1.807) is 12.1 Å². The normalized spacial score (nSPS) is 27.1. The molecule has 0 bridgehead atoms. The summed E-state index contributed by atoms with van der Waals surface area (Å²) in [5, 5.41) is 3.12. The zero-order valence-corrected chi connectivity index (χ0v) is 10.3. The molecule has 2 saturated heterocycles. The Morgan fingerprint density at radius 1 is 1.39 bits per heavy atom. The van der Waals surface area contributed by atoms with Crippen molar-refractivity contribution in [3.05, 3.63) is 23.9 Å². The van der Waals surface area contributed by atoms with E-state index in [0.717, 1.165) is 13.0 Å². The summed E-state index contributed by atoms with van der Waals surface area (Å²) >= 11 is 0. The van der Waals surface area contributed by atoms with Crippen molar-refractivity contribution in [2.75, 3.05) is 18.8 Å². The van der Waals surface area contributed by atoms with Crippen molar-refractivity contribution in [2.24, 2.45) is 0 Å². The van der Waals surface area contributed by atoms with Crippen LogP contribution in [0.4, 0.5) is 5.82 Å². The van der Waals surface area contributed by atoms with Crippen molar-refractivity contribution in [2.45, 2.75) is 31.3 Å². The number of nitrogens with zero attached hydrogens (tertiary/aromatic N) is 2. The molecule has 2 unspecified atom stereocenters. The van der Waals surface area contributed by atoms with E-state index in [9.17, 15) is 4.79 Å². The van der Waals surface area contributed by atoms with Crippen LogP contribution in [-0.2, 0) is 0 Å². The van der Waals surface area contributed by atoms with Crippen LogP contribution in [0.5, 0.6) is 0 Å². The number of rotatable bonds is 2. The van der Waals surface area contributed by atoms with Gasteiger partial charge in [0.2, 0.25) is 0 Å². The highest BCUT2D eigenvalue weighted by molar-refractivity contribution is 5.94. The molecule has 2 aliphatic heterocycles. The third-order valence-electron chi connectivity index (χ3n) is 3.97. The number of fused-ring (bicyclic) bond motifs is 1. The lowest BCUT2D eigenvalue weighted by molar-refractivity contribution is 0.0929. The monoisotopic (exact) mass is 246 g/mol. The second kappa shape index (κ2) is 4.57. The van der Waals surface area contributed by atoms with Gasteiger partial charge in [-0.1, -0.05) is 0 Å². The lowest BCUT2D eigenvalue weighted by Gasteiger charge is -2.21. The second-order valence-electron chi connectivity index (χ2n) is 5.09. The molecule has 0 spiro atoms. The molecule has 3 heterocycles. The zero-order valence-electron chi connectivity index (χ0n) is 10.3. The van der Waals surface area contributed by atoms with E-state index in [2.05, 4.69) is 15.2 Å². The molecule has 0 aliphatic carbocycles. The Hall–Kier alpha value is -1.62. The fraction of sp³-hybridized carbons (Fsp3) is 0.538. The lowest BCUT2D eigenvalue weighted by atomic mass is 10.1. The van der Waals surface area contributed by atoms with Crippen molar-refractivity contribution in [1.82, 2.24) is 15.2 Å². The molecular weight excluding hydrogens is 228 g/mol. The van der Waals surface area contributed by atoms with Crippen LogP contribution >= 0.6 is 0 Å². The molecule has 2 fully saturated rings. The maximum atomic E-state index is 12.1. The zero-order chi connectivity index (χ0) is 12.5. The molecule has 3 rings (SSSR count). The number of hydrogen-bond donors (Lipinski definition) is 2. The third-order valence-corrected chi connectivity index (χ3v) is 3.97. The lowest BCUT2D eigenvalue weighted by Crippen LogP contribution is -2.42. The van der Waals surface area contributed by atoms with Gasteiger partial charge in [-0.25, -0.2) is 4.98 Å². The van der Waals surface area contributed by atoms with E-state index in [0.29, 0.717) is 17.4 Å². The Morgan fingerprint density at radius 2 is 2.28 bits per heavy atom. The number of nitrogens with one attached hydrogen (secondary N) is 1. The minimum absolute atomic E-state index is 0.0405. The van der Waals surface area contributed by atoms with Gasteiger partial charge < -0.3 is 11.1 Å². The Balaban J connectivity index is 1.66. The molecule has 5 heteroatoms. The van der Waals surface area contributed by atoms with Gasteiger partial charge in [-0.3, -0.25) is 9.69 Å². The average Bonchev–Trinajstić information content (AvgIpc) is 2.95. The van der Waals surface area contributed by atoms with Crippen LogP contribution in [0.15, 0.2) is 18.3 Å². The number of pyridine rings is 1. The molecule has 0 radical (unpaired) electrons. The van der Waals surface area contributed by atoms with Gasteiger partial charge >= 0.3 is 0 Å². The fourth-order valence-electron chi connectivity index (χ4n) is 3.04. The summed E-state index contributed by atoms with van der Waals surface area (Å²) in [5.41, 5.74) is 6.09. The molecule has 1 aromatic rings. The Labute approximate surface area is 106 Å². The van der Waals surface area contributed by atoms with Gasteiger partial charge in [-0.05, 0) is 37.9 Å². The molecule has 0 saturated carbocycles. The Kier molecular flexibility index (Phi) is 2.91. The van der Waals surface area contributed by atoms with Crippen LogP contribution in [0.1, 0.15) is 29.6 Å². The fourth-order valence-corrected chi connectivity index (χ4v) is 3.04. The molecule has 18 heavy (non-hydrogen) atoms. The van der Waals surface area contributed by atoms with Crippen LogP contribution in [-0.4, -0.2) is 41.0 Å². The largest absolute Gasteiger partial charge is 0.384 e. The number of carbonyl (C=O) groups is 1. The molecule has 2 aliphatic rings. The van der Waals surface area contributed by atoms with E-state index in [1.807, 2.05) is 0 Å². The smallest absolute Gasteiger partial charge is 0.253 e. The predicted molar refractivity (Wildman–Crippen MR) is 69.1 cm³/mol. The number of anilines is 1. The molecular formula is C13H18N4O. The van der Waals surface area contributed by atoms with E-state index < -0.39 is 0 Å². The van der Waals surface area contributed by atoms with Gasteiger partial charge in [0.1, 0.15) is 5.82 Å². The van der Waals surface area contributed by atoms with Crippen molar-refractivity contribution in [1.29, 1.82) is 0 Å². The molecule has 5 nitrogen and oxygen atoms in total. The number of amides is 1. The molecule has 96 valence electrons. The van der Waals surface area contributed by atoms with E-state index in [4.69, 9.17) is 5.73 Å². The molecule has 1 amide bonds. The maximum absolute atomic E-state index is 12.1. The minimum atomic E-state index is -0.0405. The average molecular weight is 246 g/mol. The summed E-state index contributed by atoms with van der Waals surface area (Å²) in [5.74, 6) is 0.399. The summed E-state index contributed by atoms with van der Waals surface area (Å²) in [6, 6.07) is 4.21. The Bertz CT molecular complexity index is 445. The number of nitrogen functional groups attached to an aromatic ring is 1. The first-order valence-corrected chi connectivity index (χ1v) is 6.50. The van der Waals surface area contributed by atoms with Crippen LogP contribution in [0.25, 0.3) is 0 Å². The van der Waals surface area contributed by atoms with E-state index in [-0.39, 0.29) is 11.9 Å². The highest BCUT2D eigenvalue weighted by Crippen LogP contribution is 2.28. The van der Waals surface area contributed by atoms with Crippen LogP contribution in [0, 0.1) is 0 Å². The topological polar surface area (TPSA) is 71.2 Å². The van der Waals surface area contributed by atoms with E-state index >= 15 is 0 Å². The third kappa shape index (κ3) is 2.06. The van der Waals surface area contributed by atoms with Crippen molar-refractivity contribution < 1.29 is 4.79 Å². The number of nitrogens with two attached hydrogens (primary N) is 1. The van der Waals surface area contributed by atoms with Crippen molar-refractivity contribution in [3.63, 3.8) is 0 Å². The van der Waals surface area contributed by atoms with Crippen LogP contribution in [0.3, 0.4) is 0 Å². The van der Waals surface area contributed by atoms with Gasteiger partial charge in [0.05, 0.1) is 5.56 Å². The van der Waals surface area contributed by atoms with Crippen molar-refractivity contribution >= 4 is 11.7 Å². The quantitative estimate of drug-likeness (QED) is 0.803. The summed E-state index contributed by atoms with van der Waals surface area (Å²) < 4.78 is 0. The first kappa shape index (κ1) is 11.5.